The molecule has 2 aliphatic rings. The minimum atomic E-state index is 0.0462. The number of hydrogen-bond acceptors (Lipinski definition) is 2. The Hall–Kier alpha value is -4.69. The summed E-state index contributed by atoms with van der Waals surface area (Å²) in [6.45, 7) is 5.00. The molecule has 2 atom stereocenters. The van der Waals surface area contributed by atoms with Crippen LogP contribution in [0.25, 0.3) is 54.8 Å². The van der Waals surface area contributed by atoms with Gasteiger partial charge < -0.3 is 4.90 Å². The van der Waals surface area contributed by atoms with Crippen LogP contribution in [0.1, 0.15) is 45.1 Å². The molecule has 2 heterocycles. The van der Waals surface area contributed by atoms with E-state index in [1.807, 2.05) is 0 Å². The molecule has 0 bridgehead atoms. The predicted molar refractivity (Wildman–Crippen MR) is 182 cm³/mol. The van der Waals surface area contributed by atoms with Crippen molar-refractivity contribution in [1.29, 1.82) is 0 Å². The number of anilines is 2. The number of hydrogen-bond donors (Lipinski definition) is 0. The van der Waals surface area contributed by atoms with E-state index in [2.05, 4.69) is 140 Å². The number of nitrogens with zero attached hydrogens (tertiary/aromatic N) is 2. The second kappa shape index (κ2) is 8.91. The first-order valence-corrected chi connectivity index (χ1v) is 15.7. The summed E-state index contributed by atoms with van der Waals surface area (Å²) in [5.74, 6) is 0. The van der Waals surface area contributed by atoms with Gasteiger partial charge in [0.25, 0.3) is 0 Å². The van der Waals surface area contributed by atoms with Crippen molar-refractivity contribution in [1.82, 2.24) is 4.98 Å². The summed E-state index contributed by atoms with van der Waals surface area (Å²) >= 11 is 0. The predicted octanol–water partition coefficient (Wildman–Crippen LogP) is 11.1. The van der Waals surface area contributed by atoms with Gasteiger partial charge in [-0.1, -0.05) is 105 Å². The number of rotatable bonds is 3. The summed E-state index contributed by atoms with van der Waals surface area (Å²) in [5, 5.41) is 7.82. The maximum absolute atomic E-state index is 5.33. The molecule has 208 valence electrons. The molecule has 0 amide bonds. The van der Waals surface area contributed by atoms with E-state index < -0.39 is 0 Å². The monoisotopic (exact) mass is 554 g/mol. The summed E-state index contributed by atoms with van der Waals surface area (Å²) < 4.78 is 0. The molecule has 6 aromatic carbocycles. The van der Waals surface area contributed by atoms with Crippen molar-refractivity contribution in [3.63, 3.8) is 0 Å². The van der Waals surface area contributed by atoms with E-state index in [4.69, 9.17) is 4.98 Å². The van der Waals surface area contributed by atoms with Gasteiger partial charge in [0.15, 0.2) is 0 Å². The highest BCUT2D eigenvalue weighted by Crippen LogP contribution is 2.61. The lowest BCUT2D eigenvalue weighted by atomic mass is 9.61. The Bertz CT molecular complexity index is 2160. The second-order valence-corrected chi connectivity index (χ2v) is 13.1. The van der Waals surface area contributed by atoms with Gasteiger partial charge in [0, 0.05) is 27.9 Å². The highest BCUT2D eigenvalue weighted by molar-refractivity contribution is 6.25. The Kier molecular flexibility index (Phi) is 5.15. The van der Waals surface area contributed by atoms with Crippen LogP contribution in [0.3, 0.4) is 0 Å². The van der Waals surface area contributed by atoms with Crippen molar-refractivity contribution in [2.24, 2.45) is 0 Å². The third-order valence-electron chi connectivity index (χ3n) is 11.0. The van der Waals surface area contributed by atoms with Crippen molar-refractivity contribution in [2.45, 2.75) is 50.5 Å². The quantitative estimate of drug-likeness (QED) is 0.202. The van der Waals surface area contributed by atoms with Crippen molar-refractivity contribution >= 4 is 43.7 Å². The number of pyridine rings is 1. The summed E-state index contributed by atoms with van der Waals surface area (Å²) in [6, 6.07) is 44.7. The Morgan fingerprint density at radius 1 is 0.605 bits per heavy atom. The molecule has 43 heavy (non-hydrogen) atoms. The third kappa shape index (κ3) is 3.38. The Labute approximate surface area is 253 Å². The molecule has 1 saturated carbocycles. The smallest absolute Gasteiger partial charge is 0.0715 e. The molecule has 1 aliphatic heterocycles. The maximum atomic E-state index is 5.33. The SMILES string of the molecule is CC12CCCCC1(C)N(c1ccccc1)c1ccc(-c3cccc(-c4ccc5ccc6cccc7ccc4c5c67)n3)cc12. The van der Waals surface area contributed by atoms with Gasteiger partial charge in [0.2, 0.25) is 0 Å². The molecule has 2 nitrogen and oxygen atoms in total. The van der Waals surface area contributed by atoms with Gasteiger partial charge in [0.05, 0.1) is 16.9 Å². The highest BCUT2D eigenvalue weighted by Gasteiger charge is 2.57. The Morgan fingerprint density at radius 3 is 2.14 bits per heavy atom. The van der Waals surface area contributed by atoms with Crippen molar-refractivity contribution in [2.75, 3.05) is 4.90 Å². The molecule has 0 radical (unpaired) electrons. The summed E-state index contributed by atoms with van der Waals surface area (Å²) in [6.07, 6.45) is 4.96. The molecular weight excluding hydrogens is 520 g/mol. The topological polar surface area (TPSA) is 16.1 Å². The molecule has 1 fully saturated rings. The van der Waals surface area contributed by atoms with Crippen LogP contribution >= 0.6 is 0 Å². The van der Waals surface area contributed by atoms with Crippen molar-refractivity contribution < 1.29 is 0 Å². The van der Waals surface area contributed by atoms with Crippen LogP contribution < -0.4 is 4.90 Å². The van der Waals surface area contributed by atoms with Crippen LogP contribution in [0.5, 0.6) is 0 Å². The standard InChI is InChI=1S/C41H34N2/c1-40-24-6-7-25-41(40,2)43(31-12-4-3-5-13-31)37-23-20-30(26-34(37)40)35-14-9-15-36(42-35)32-21-18-29-17-16-27-10-8-11-28-19-22-33(32)39(29)38(27)28/h3-5,8-23,26H,6-7,24-25H2,1-2H3. The van der Waals surface area contributed by atoms with E-state index in [1.165, 1.54) is 86.1 Å². The zero-order valence-corrected chi connectivity index (χ0v) is 24.8. The van der Waals surface area contributed by atoms with Gasteiger partial charge in [-0.25, -0.2) is 4.98 Å². The number of para-hydroxylation sites is 1. The fraction of sp³-hybridized carbons (Fsp3) is 0.195. The van der Waals surface area contributed by atoms with E-state index in [9.17, 15) is 0 Å². The van der Waals surface area contributed by atoms with Crippen LogP contribution in [0, 0.1) is 0 Å². The summed E-state index contributed by atoms with van der Waals surface area (Å²) in [4.78, 5) is 7.97. The van der Waals surface area contributed by atoms with Gasteiger partial charge in [0.1, 0.15) is 0 Å². The number of aromatic nitrogens is 1. The van der Waals surface area contributed by atoms with Crippen LogP contribution in [0.4, 0.5) is 11.4 Å². The van der Waals surface area contributed by atoms with Crippen LogP contribution in [0.15, 0.2) is 121 Å². The molecule has 7 aromatic rings. The lowest BCUT2D eigenvalue weighted by molar-refractivity contribution is 0.195. The molecule has 1 aliphatic carbocycles. The van der Waals surface area contributed by atoms with Gasteiger partial charge in [-0.2, -0.15) is 0 Å². The molecule has 0 saturated heterocycles. The van der Waals surface area contributed by atoms with Crippen molar-refractivity contribution in [3.05, 3.63) is 127 Å². The average molecular weight is 555 g/mol. The fourth-order valence-corrected chi connectivity index (χ4v) is 8.58. The second-order valence-electron chi connectivity index (χ2n) is 13.1. The first kappa shape index (κ1) is 24.9. The Balaban J connectivity index is 1.19. The van der Waals surface area contributed by atoms with Crippen LogP contribution in [-0.2, 0) is 5.41 Å². The molecule has 0 N–H and O–H groups in total. The van der Waals surface area contributed by atoms with Gasteiger partial charge in [-0.05, 0) is 94.0 Å². The van der Waals surface area contributed by atoms with Gasteiger partial charge in [-0.15, -0.1) is 0 Å². The summed E-state index contributed by atoms with van der Waals surface area (Å²) in [5.41, 5.74) is 8.68. The normalized spacial score (nSPS) is 21.5. The van der Waals surface area contributed by atoms with Gasteiger partial charge in [-0.3, -0.25) is 0 Å². The van der Waals surface area contributed by atoms with Crippen LogP contribution in [0.2, 0.25) is 0 Å². The molecule has 0 spiro atoms. The molecular formula is C41H34N2. The third-order valence-corrected chi connectivity index (χ3v) is 11.0. The minimum Gasteiger partial charge on any atom is -0.334 e. The largest absolute Gasteiger partial charge is 0.334 e. The van der Waals surface area contributed by atoms with Crippen molar-refractivity contribution in [3.8, 4) is 22.5 Å². The first-order valence-electron chi connectivity index (χ1n) is 15.7. The lowest BCUT2D eigenvalue weighted by Gasteiger charge is -2.50. The maximum Gasteiger partial charge on any atom is 0.0715 e. The zero-order chi connectivity index (χ0) is 28.8. The zero-order valence-electron chi connectivity index (χ0n) is 24.8. The molecule has 1 aromatic heterocycles. The minimum absolute atomic E-state index is 0.0462. The van der Waals surface area contributed by atoms with E-state index in [1.54, 1.807) is 0 Å². The number of fused-ring (bicyclic) bond motifs is 3. The molecule has 2 unspecified atom stereocenters. The van der Waals surface area contributed by atoms with E-state index in [-0.39, 0.29) is 11.0 Å². The lowest BCUT2D eigenvalue weighted by Crippen LogP contribution is -2.54. The number of benzene rings is 6. The van der Waals surface area contributed by atoms with E-state index in [0.717, 1.165) is 11.4 Å². The molecule has 2 heteroatoms. The highest BCUT2D eigenvalue weighted by atomic mass is 15.3. The Morgan fingerprint density at radius 2 is 1.30 bits per heavy atom. The van der Waals surface area contributed by atoms with Crippen LogP contribution in [-0.4, -0.2) is 10.5 Å². The molecule has 9 rings (SSSR count). The van der Waals surface area contributed by atoms with E-state index in [0.29, 0.717) is 0 Å². The summed E-state index contributed by atoms with van der Waals surface area (Å²) in [7, 11) is 0. The first-order chi connectivity index (χ1) is 21.0. The average Bonchev–Trinajstić information content (AvgIpc) is 3.27. The van der Waals surface area contributed by atoms with Gasteiger partial charge >= 0.3 is 0 Å². The fourth-order valence-electron chi connectivity index (χ4n) is 8.58. The van der Waals surface area contributed by atoms with E-state index >= 15 is 0 Å².